The fourth-order valence-electron chi connectivity index (χ4n) is 1.58. The lowest BCUT2D eigenvalue weighted by Crippen LogP contribution is -2.34. The number of nitrogens with zero attached hydrogens (tertiary/aromatic N) is 1. The average molecular weight is 314 g/mol. The van der Waals surface area contributed by atoms with Crippen LogP contribution in [0.2, 0.25) is 0 Å². The van der Waals surface area contributed by atoms with Crippen molar-refractivity contribution in [3.63, 3.8) is 0 Å². The van der Waals surface area contributed by atoms with Crippen molar-refractivity contribution in [3.05, 3.63) is 29.8 Å². The minimum atomic E-state index is -3.41. The van der Waals surface area contributed by atoms with E-state index in [9.17, 15) is 18.0 Å². The van der Waals surface area contributed by atoms with Crippen molar-refractivity contribution in [2.45, 2.75) is 12.8 Å². The number of hydrogen-bond acceptors (Lipinski definition) is 4. The van der Waals surface area contributed by atoms with E-state index in [2.05, 4.69) is 5.32 Å². The number of nitrogens with one attached hydrogen (secondary N) is 1. The molecule has 0 aromatic heterocycles. The van der Waals surface area contributed by atoms with E-state index in [-0.39, 0.29) is 13.0 Å². The molecule has 0 radical (unpaired) electrons. The molecule has 0 saturated carbocycles. The predicted molar refractivity (Wildman–Crippen MR) is 78.5 cm³/mol. The maximum atomic E-state index is 11.7. The molecule has 1 aromatic rings. The Hall–Kier alpha value is -1.93. The van der Waals surface area contributed by atoms with Crippen LogP contribution in [0.4, 0.5) is 5.69 Å². The number of carboxylic acid groups (broad SMARTS) is 1. The molecule has 0 bridgehead atoms. The summed E-state index contributed by atoms with van der Waals surface area (Å²) in [7, 11) is -2.09. The summed E-state index contributed by atoms with van der Waals surface area (Å²) >= 11 is 0. The first kappa shape index (κ1) is 17.1. The number of rotatable bonds is 7. The number of likely N-dealkylation sites (N-methyl/N-ethyl adjacent to an activating group) is 1. The van der Waals surface area contributed by atoms with Gasteiger partial charge in [-0.3, -0.25) is 9.59 Å². The number of sulfonamides is 1. The minimum Gasteiger partial charge on any atom is -0.481 e. The van der Waals surface area contributed by atoms with Gasteiger partial charge in [-0.05, 0) is 24.1 Å². The highest BCUT2D eigenvalue weighted by Crippen LogP contribution is 2.12. The molecule has 0 heterocycles. The molecule has 8 heteroatoms. The summed E-state index contributed by atoms with van der Waals surface area (Å²) in [5, 5.41) is 11.2. The van der Waals surface area contributed by atoms with E-state index in [1.165, 1.54) is 7.05 Å². The zero-order valence-corrected chi connectivity index (χ0v) is 12.7. The Morgan fingerprint density at radius 3 is 2.57 bits per heavy atom. The van der Waals surface area contributed by atoms with Crippen molar-refractivity contribution in [1.82, 2.24) is 4.31 Å². The molecule has 2 N–H and O–H groups in total. The first-order valence-electron chi connectivity index (χ1n) is 6.20. The molecule has 0 aliphatic carbocycles. The summed E-state index contributed by atoms with van der Waals surface area (Å²) in [6.07, 6.45) is 1.39. The molecule has 0 aliphatic heterocycles. The second kappa shape index (κ2) is 7.19. The number of aryl methyl sites for hydroxylation is 1. The Bertz CT molecular complexity index is 627. The molecule has 1 aromatic carbocycles. The van der Waals surface area contributed by atoms with Crippen LogP contribution in [-0.2, 0) is 26.0 Å². The molecule has 116 valence electrons. The highest BCUT2D eigenvalue weighted by atomic mass is 32.2. The van der Waals surface area contributed by atoms with Gasteiger partial charge < -0.3 is 10.4 Å². The second-order valence-electron chi connectivity index (χ2n) is 4.66. The van der Waals surface area contributed by atoms with Crippen LogP contribution in [0.5, 0.6) is 0 Å². The smallest absolute Gasteiger partial charge is 0.303 e. The van der Waals surface area contributed by atoms with Gasteiger partial charge in [-0.15, -0.1) is 0 Å². The van der Waals surface area contributed by atoms with Gasteiger partial charge >= 0.3 is 5.97 Å². The Labute approximate surface area is 123 Å². The summed E-state index contributed by atoms with van der Waals surface area (Å²) in [6.45, 7) is -0.280. The van der Waals surface area contributed by atoms with E-state index in [1.54, 1.807) is 24.3 Å². The van der Waals surface area contributed by atoms with Gasteiger partial charge in [0.05, 0.1) is 12.8 Å². The van der Waals surface area contributed by atoms with Gasteiger partial charge in [-0.1, -0.05) is 12.1 Å². The summed E-state index contributed by atoms with van der Waals surface area (Å²) in [4.78, 5) is 22.3. The monoisotopic (exact) mass is 314 g/mol. The van der Waals surface area contributed by atoms with Crippen molar-refractivity contribution in [1.29, 1.82) is 0 Å². The molecule has 0 saturated heterocycles. The van der Waals surface area contributed by atoms with Crippen LogP contribution in [-0.4, -0.2) is 49.6 Å². The predicted octanol–water partition coefficient (Wildman–Crippen LogP) is 0.534. The van der Waals surface area contributed by atoms with Gasteiger partial charge in [0.2, 0.25) is 15.9 Å². The van der Waals surface area contributed by atoms with Crippen molar-refractivity contribution in [2.75, 3.05) is 25.2 Å². The molecule has 7 nitrogen and oxygen atoms in total. The normalized spacial score (nSPS) is 11.4. The third-order valence-electron chi connectivity index (χ3n) is 2.77. The lowest BCUT2D eigenvalue weighted by Gasteiger charge is -2.14. The van der Waals surface area contributed by atoms with E-state index < -0.39 is 21.9 Å². The molecule has 0 aliphatic rings. The molecular weight excluding hydrogens is 296 g/mol. The van der Waals surface area contributed by atoms with Gasteiger partial charge in [0.25, 0.3) is 0 Å². The third-order valence-corrected chi connectivity index (χ3v) is 4.03. The first-order chi connectivity index (χ1) is 9.68. The number of amides is 1. The summed E-state index contributed by atoms with van der Waals surface area (Å²) < 4.78 is 23.4. The topological polar surface area (TPSA) is 104 Å². The Morgan fingerprint density at radius 1 is 1.33 bits per heavy atom. The van der Waals surface area contributed by atoms with Gasteiger partial charge in [-0.2, -0.15) is 4.31 Å². The maximum absolute atomic E-state index is 11.7. The van der Waals surface area contributed by atoms with Crippen LogP contribution in [0.3, 0.4) is 0 Å². The number of carbonyl (C=O) groups excluding carboxylic acids is 1. The highest BCUT2D eigenvalue weighted by Gasteiger charge is 2.15. The summed E-state index contributed by atoms with van der Waals surface area (Å²) in [6, 6.07) is 6.79. The van der Waals surface area contributed by atoms with E-state index in [0.717, 1.165) is 16.1 Å². The number of aliphatic carboxylic acids is 1. The molecule has 0 unspecified atom stereocenters. The van der Waals surface area contributed by atoms with Crippen molar-refractivity contribution in [3.8, 4) is 0 Å². The summed E-state index contributed by atoms with van der Waals surface area (Å²) in [5.41, 5.74) is 1.29. The third kappa shape index (κ3) is 6.37. The van der Waals surface area contributed by atoms with Gasteiger partial charge in [0.1, 0.15) is 0 Å². The van der Waals surface area contributed by atoms with Crippen LogP contribution in [0.1, 0.15) is 12.0 Å². The quantitative estimate of drug-likeness (QED) is 0.764. The number of anilines is 1. The van der Waals surface area contributed by atoms with Crippen LogP contribution < -0.4 is 5.32 Å². The molecule has 0 atom stereocenters. The van der Waals surface area contributed by atoms with E-state index in [1.807, 2.05) is 0 Å². The van der Waals surface area contributed by atoms with Crippen LogP contribution >= 0.6 is 0 Å². The maximum Gasteiger partial charge on any atom is 0.303 e. The van der Waals surface area contributed by atoms with Crippen molar-refractivity contribution >= 4 is 27.6 Å². The van der Waals surface area contributed by atoms with Crippen molar-refractivity contribution < 1.29 is 23.1 Å². The molecule has 0 fully saturated rings. The van der Waals surface area contributed by atoms with Gasteiger partial charge in [-0.25, -0.2) is 8.42 Å². The van der Waals surface area contributed by atoms with Crippen LogP contribution in [0, 0.1) is 0 Å². The fourth-order valence-corrected chi connectivity index (χ4v) is 1.93. The number of hydrogen-bond donors (Lipinski definition) is 2. The van der Waals surface area contributed by atoms with Gasteiger partial charge in [0, 0.05) is 19.2 Å². The second-order valence-corrected chi connectivity index (χ2v) is 6.75. The standard InChI is InChI=1S/C13H18N2O5S/c1-15(21(2,19)20)9-12(16)14-11-5-3-4-10(8-11)6-7-13(17)18/h3-5,8H,6-7,9H2,1-2H3,(H,14,16)(H,17,18). The SMILES string of the molecule is CN(CC(=O)Nc1cccc(CCC(=O)O)c1)S(C)(=O)=O. The zero-order chi connectivity index (χ0) is 16.0. The van der Waals surface area contributed by atoms with Crippen LogP contribution in [0.25, 0.3) is 0 Å². The fraction of sp³-hybridized carbons (Fsp3) is 0.385. The average Bonchev–Trinajstić information content (AvgIpc) is 2.35. The Balaban J connectivity index is 2.64. The lowest BCUT2D eigenvalue weighted by molar-refractivity contribution is -0.137. The number of benzene rings is 1. The van der Waals surface area contributed by atoms with E-state index in [0.29, 0.717) is 12.1 Å². The van der Waals surface area contributed by atoms with Crippen LogP contribution in [0.15, 0.2) is 24.3 Å². The largest absolute Gasteiger partial charge is 0.481 e. The van der Waals surface area contributed by atoms with E-state index in [4.69, 9.17) is 5.11 Å². The number of carbonyl (C=O) groups is 2. The zero-order valence-electron chi connectivity index (χ0n) is 11.9. The van der Waals surface area contributed by atoms with E-state index >= 15 is 0 Å². The highest BCUT2D eigenvalue weighted by molar-refractivity contribution is 7.88. The molecule has 1 rings (SSSR count). The van der Waals surface area contributed by atoms with Crippen molar-refractivity contribution in [2.24, 2.45) is 0 Å². The lowest BCUT2D eigenvalue weighted by atomic mass is 10.1. The van der Waals surface area contributed by atoms with Gasteiger partial charge in [0.15, 0.2) is 0 Å². The first-order valence-corrected chi connectivity index (χ1v) is 8.05. The molecule has 21 heavy (non-hydrogen) atoms. The Morgan fingerprint density at radius 2 is 2.00 bits per heavy atom. The number of carboxylic acids is 1. The molecule has 1 amide bonds. The summed E-state index contributed by atoms with van der Waals surface area (Å²) in [5.74, 6) is -1.35. The molecular formula is C13H18N2O5S. The minimum absolute atomic E-state index is 0.00815. The Kier molecular flexibility index (Phi) is 5.86. The molecule has 0 spiro atoms.